The molecule has 0 amide bonds. The lowest BCUT2D eigenvalue weighted by Gasteiger charge is -2.03. The third-order valence-electron chi connectivity index (χ3n) is 1.56. The van der Waals surface area contributed by atoms with E-state index in [1.807, 2.05) is 12.1 Å². The van der Waals surface area contributed by atoms with Gasteiger partial charge < -0.3 is 5.32 Å². The van der Waals surface area contributed by atoms with Crippen LogP contribution < -0.4 is 5.32 Å². The smallest absolute Gasteiger partial charge is 0.130 e. The van der Waals surface area contributed by atoms with E-state index < -0.39 is 0 Å². The number of nitrogens with zero attached hydrogens (tertiary/aromatic N) is 3. The van der Waals surface area contributed by atoms with Crippen molar-refractivity contribution in [1.29, 1.82) is 0 Å². The van der Waals surface area contributed by atoms with Crippen LogP contribution in [-0.2, 0) is 0 Å². The summed E-state index contributed by atoms with van der Waals surface area (Å²) >= 11 is 3.32. The summed E-state index contributed by atoms with van der Waals surface area (Å²) in [6, 6.07) is 3.79. The van der Waals surface area contributed by atoms with Gasteiger partial charge in [0, 0.05) is 10.7 Å². The number of aromatic nitrogens is 3. The third kappa shape index (κ3) is 2.26. The molecule has 0 aromatic carbocycles. The first-order valence-corrected chi connectivity index (χ1v) is 4.77. The van der Waals surface area contributed by atoms with Gasteiger partial charge in [0.05, 0.1) is 18.1 Å². The Kier molecular flexibility index (Phi) is 2.69. The number of nitrogens with one attached hydrogen (secondary N) is 1. The van der Waals surface area contributed by atoms with Gasteiger partial charge in [-0.05, 0) is 28.1 Å². The molecule has 14 heavy (non-hydrogen) atoms. The van der Waals surface area contributed by atoms with Crippen LogP contribution in [0, 0.1) is 0 Å². The van der Waals surface area contributed by atoms with Crippen molar-refractivity contribution in [3.8, 4) is 0 Å². The lowest BCUT2D eigenvalue weighted by Crippen LogP contribution is -1.93. The van der Waals surface area contributed by atoms with Gasteiger partial charge in [0.2, 0.25) is 0 Å². The van der Waals surface area contributed by atoms with Crippen molar-refractivity contribution < 1.29 is 0 Å². The first-order chi connectivity index (χ1) is 6.84. The van der Waals surface area contributed by atoms with Crippen LogP contribution in [0.2, 0.25) is 0 Å². The first kappa shape index (κ1) is 9.08. The largest absolute Gasteiger partial charge is 0.338 e. The lowest BCUT2D eigenvalue weighted by molar-refractivity contribution is 1.16. The van der Waals surface area contributed by atoms with Crippen LogP contribution in [0.3, 0.4) is 0 Å². The zero-order valence-corrected chi connectivity index (χ0v) is 8.77. The Morgan fingerprint density at radius 1 is 1.07 bits per heavy atom. The lowest BCUT2D eigenvalue weighted by atomic mass is 10.4. The average Bonchev–Trinajstić information content (AvgIpc) is 2.23. The maximum absolute atomic E-state index is 4.16. The average molecular weight is 251 g/mol. The van der Waals surface area contributed by atoms with Crippen LogP contribution in [0.15, 0.2) is 41.5 Å². The Labute approximate surface area is 89.6 Å². The molecule has 0 saturated heterocycles. The van der Waals surface area contributed by atoms with E-state index in [4.69, 9.17) is 0 Å². The van der Waals surface area contributed by atoms with Crippen molar-refractivity contribution in [1.82, 2.24) is 15.0 Å². The summed E-state index contributed by atoms with van der Waals surface area (Å²) < 4.78 is 0.951. The van der Waals surface area contributed by atoms with Crippen LogP contribution >= 0.6 is 15.9 Å². The van der Waals surface area contributed by atoms with Gasteiger partial charge in [0.15, 0.2) is 0 Å². The number of anilines is 2. The van der Waals surface area contributed by atoms with E-state index in [9.17, 15) is 0 Å². The van der Waals surface area contributed by atoms with E-state index in [-0.39, 0.29) is 0 Å². The Balaban J connectivity index is 2.16. The zero-order chi connectivity index (χ0) is 9.80. The Morgan fingerprint density at radius 2 is 1.86 bits per heavy atom. The van der Waals surface area contributed by atoms with Gasteiger partial charge in [-0.15, -0.1) is 0 Å². The second-order valence-electron chi connectivity index (χ2n) is 2.61. The van der Waals surface area contributed by atoms with Gasteiger partial charge in [0.1, 0.15) is 12.1 Å². The second-order valence-corrected chi connectivity index (χ2v) is 3.53. The number of rotatable bonds is 2. The molecule has 0 atom stereocenters. The van der Waals surface area contributed by atoms with E-state index in [1.54, 1.807) is 18.6 Å². The number of hydrogen-bond acceptors (Lipinski definition) is 4. The normalized spacial score (nSPS) is 9.79. The van der Waals surface area contributed by atoms with Gasteiger partial charge in [-0.3, -0.25) is 0 Å². The summed E-state index contributed by atoms with van der Waals surface area (Å²) in [7, 11) is 0. The Hall–Kier alpha value is -1.49. The summed E-state index contributed by atoms with van der Waals surface area (Å²) in [6.45, 7) is 0. The molecular weight excluding hydrogens is 244 g/mol. The summed E-state index contributed by atoms with van der Waals surface area (Å²) in [5, 5.41) is 3.07. The highest BCUT2D eigenvalue weighted by atomic mass is 79.9. The van der Waals surface area contributed by atoms with E-state index in [0.29, 0.717) is 0 Å². The third-order valence-corrected chi connectivity index (χ3v) is 2.03. The highest BCUT2D eigenvalue weighted by Gasteiger charge is 1.95. The molecule has 0 aliphatic carbocycles. The molecule has 2 heterocycles. The SMILES string of the molecule is Brc1ccc(Nc2cncnc2)nc1. The van der Waals surface area contributed by atoms with Crippen molar-refractivity contribution in [3.05, 3.63) is 41.5 Å². The van der Waals surface area contributed by atoms with E-state index in [0.717, 1.165) is 16.0 Å². The van der Waals surface area contributed by atoms with Gasteiger partial charge in [-0.25, -0.2) is 15.0 Å². The highest BCUT2D eigenvalue weighted by Crippen LogP contribution is 2.14. The Morgan fingerprint density at radius 3 is 2.50 bits per heavy atom. The molecule has 70 valence electrons. The molecule has 0 radical (unpaired) electrons. The Bertz CT molecular complexity index is 401. The maximum Gasteiger partial charge on any atom is 0.130 e. The van der Waals surface area contributed by atoms with Crippen LogP contribution in [0.1, 0.15) is 0 Å². The second kappa shape index (κ2) is 4.15. The summed E-state index contributed by atoms with van der Waals surface area (Å²) in [6.07, 6.45) is 6.60. The van der Waals surface area contributed by atoms with Gasteiger partial charge >= 0.3 is 0 Å². The summed E-state index contributed by atoms with van der Waals surface area (Å²) in [5.74, 6) is 0.767. The summed E-state index contributed by atoms with van der Waals surface area (Å²) in [5.41, 5.74) is 0.822. The van der Waals surface area contributed by atoms with Crippen molar-refractivity contribution in [3.63, 3.8) is 0 Å². The quantitative estimate of drug-likeness (QED) is 0.890. The van der Waals surface area contributed by atoms with Crippen LogP contribution in [0.5, 0.6) is 0 Å². The molecular formula is C9H7BrN4. The van der Waals surface area contributed by atoms with Gasteiger partial charge in [-0.1, -0.05) is 0 Å². The molecule has 2 aromatic rings. The van der Waals surface area contributed by atoms with E-state index in [1.165, 1.54) is 6.33 Å². The predicted octanol–water partition coefficient (Wildman–Crippen LogP) is 2.38. The molecule has 0 spiro atoms. The fourth-order valence-corrected chi connectivity index (χ4v) is 1.20. The number of halogens is 1. The minimum absolute atomic E-state index is 0.767. The molecule has 0 unspecified atom stereocenters. The fraction of sp³-hybridized carbons (Fsp3) is 0. The van der Waals surface area contributed by atoms with Crippen molar-refractivity contribution in [2.24, 2.45) is 0 Å². The predicted molar refractivity (Wildman–Crippen MR) is 57.3 cm³/mol. The van der Waals surface area contributed by atoms with E-state index >= 15 is 0 Å². The van der Waals surface area contributed by atoms with E-state index in [2.05, 4.69) is 36.2 Å². The molecule has 0 saturated carbocycles. The van der Waals surface area contributed by atoms with Crippen molar-refractivity contribution in [2.45, 2.75) is 0 Å². The minimum Gasteiger partial charge on any atom is -0.338 e. The molecule has 5 heteroatoms. The molecule has 4 nitrogen and oxygen atoms in total. The monoisotopic (exact) mass is 250 g/mol. The first-order valence-electron chi connectivity index (χ1n) is 3.98. The standard InChI is InChI=1S/C9H7BrN4/c10-7-1-2-9(13-3-7)14-8-4-11-6-12-5-8/h1-6H,(H,13,14). The molecule has 0 aliphatic heterocycles. The fourth-order valence-electron chi connectivity index (χ4n) is 0.961. The van der Waals surface area contributed by atoms with Crippen LogP contribution in [-0.4, -0.2) is 15.0 Å². The molecule has 0 fully saturated rings. The number of hydrogen-bond donors (Lipinski definition) is 1. The van der Waals surface area contributed by atoms with Crippen molar-refractivity contribution >= 4 is 27.4 Å². The topological polar surface area (TPSA) is 50.7 Å². The van der Waals surface area contributed by atoms with Crippen LogP contribution in [0.4, 0.5) is 11.5 Å². The molecule has 1 N–H and O–H groups in total. The number of pyridine rings is 1. The highest BCUT2D eigenvalue weighted by molar-refractivity contribution is 9.10. The minimum atomic E-state index is 0.767. The van der Waals surface area contributed by atoms with Gasteiger partial charge in [0.25, 0.3) is 0 Å². The van der Waals surface area contributed by atoms with Crippen molar-refractivity contribution in [2.75, 3.05) is 5.32 Å². The summed E-state index contributed by atoms with van der Waals surface area (Å²) in [4.78, 5) is 11.9. The molecule has 2 rings (SSSR count). The maximum atomic E-state index is 4.16. The molecule has 2 aromatic heterocycles. The van der Waals surface area contributed by atoms with Crippen LogP contribution in [0.25, 0.3) is 0 Å². The molecule has 0 bridgehead atoms. The van der Waals surface area contributed by atoms with Gasteiger partial charge in [-0.2, -0.15) is 0 Å². The zero-order valence-electron chi connectivity index (χ0n) is 7.18. The molecule has 0 aliphatic rings.